The van der Waals surface area contributed by atoms with Crippen LogP contribution in [0.3, 0.4) is 0 Å². The van der Waals surface area contributed by atoms with Gasteiger partial charge in [0.2, 0.25) is 10.0 Å². The number of benzene rings is 2. The third-order valence-corrected chi connectivity index (χ3v) is 8.13. The number of nitrogens with zero attached hydrogens (tertiary/aromatic N) is 5. The fourth-order valence-electron chi connectivity index (χ4n) is 4.05. The Morgan fingerprint density at radius 2 is 1.83 bits per heavy atom. The predicted molar refractivity (Wildman–Crippen MR) is 137 cm³/mol. The summed E-state index contributed by atoms with van der Waals surface area (Å²) in [7, 11) is 0.366. The second-order valence-corrected chi connectivity index (χ2v) is 11.2. The molecule has 0 saturated carbocycles. The number of sulfonamides is 1. The summed E-state index contributed by atoms with van der Waals surface area (Å²) in [5.74, 6) is 0.872. The summed E-state index contributed by atoms with van der Waals surface area (Å²) in [6, 6.07) is 11.4. The lowest BCUT2D eigenvalue weighted by atomic mass is 10.2. The largest absolute Gasteiger partial charge is 0.369 e. The maximum Gasteiger partial charge on any atom is 0.243 e. The average molecular weight is 521 g/mol. The maximum atomic E-state index is 13.5. The van der Waals surface area contributed by atoms with Crippen LogP contribution in [0.1, 0.15) is 12.2 Å². The number of para-hydroxylation sites is 1. The molecule has 0 atom stereocenters. The Hall–Kier alpha value is -2.37. The van der Waals surface area contributed by atoms with Crippen molar-refractivity contribution in [3.63, 3.8) is 0 Å². The Morgan fingerprint density at radius 3 is 2.54 bits per heavy atom. The van der Waals surface area contributed by atoms with Crippen molar-refractivity contribution in [2.24, 2.45) is 0 Å². The maximum absolute atomic E-state index is 13.5. The molecule has 3 aromatic rings. The smallest absolute Gasteiger partial charge is 0.243 e. The van der Waals surface area contributed by atoms with Crippen LogP contribution in [0, 0.1) is 5.82 Å². The quantitative estimate of drug-likeness (QED) is 0.433. The van der Waals surface area contributed by atoms with E-state index in [2.05, 4.69) is 29.2 Å². The van der Waals surface area contributed by atoms with Crippen LogP contribution < -0.4 is 5.32 Å². The summed E-state index contributed by atoms with van der Waals surface area (Å²) in [4.78, 5) is 13.8. The first-order valence-corrected chi connectivity index (χ1v) is 13.4. The molecule has 0 radical (unpaired) electrons. The molecule has 0 spiro atoms. The highest BCUT2D eigenvalue weighted by atomic mass is 35.5. The zero-order chi connectivity index (χ0) is 25.0. The molecule has 1 aromatic heterocycles. The van der Waals surface area contributed by atoms with Gasteiger partial charge in [0, 0.05) is 38.1 Å². The van der Waals surface area contributed by atoms with Gasteiger partial charge in [0.05, 0.1) is 22.0 Å². The fraction of sp³-hybridized carbons (Fsp3) is 0.417. The van der Waals surface area contributed by atoms with Crippen molar-refractivity contribution in [3.8, 4) is 0 Å². The Labute approximate surface area is 210 Å². The molecule has 35 heavy (non-hydrogen) atoms. The molecule has 0 amide bonds. The SMILES string of the molecule is CN(C)CCCNc1nc(CN2CCN(S(=O)(=O)c3ccc(F)c(Cl)c3)CC2)nc2ccccc12. The minimum Gasteiger partial charge on any atom is -0.369 e. The Balaban J connectivity index is 1.42. The Kier molecular flexibility index (Phi) is 8.18. The summed E-state index contributed by atoms with van der Waals surface area (Å²) in [5, 5.41) is 4.23. The van der Waals surface area contributed by atoms with Crippen LogP contribution in [-0.2, 0) is 16.6 Å². The number of fused-ring (bicyclic) bond motifs is 1. The Morgan fingerprint density at radius 1 is 1.09 bits per heavy atom. The molecule has 2 aromatic carbocycles. The van der Waals surface area contributed by atoms with E-state index < -0.39 is 15.8 Å². The number of anilines is 1. The highest BCUT2D eigenvalue weighted by Gasteiger charge is 2.29. The fourth-order valence-corrected chi connectivity index (χ4v) is 5.74. The first kappa shape index (κ1) is 25.7. The molecule has 1 aliphatic rings. The number of piperazine rings is 1. The minimum atomic E-state index is -3.74. The van der Waals surface area contributed by atoms with Crippen LogP contribution in [0.5, 0.6) is 0 Å². The van der Waals surface area contributed by atoms with Crippen molar-refractivity contribution in [2.45, 2.75) is 17.9 Å². The summed E-state index contributed by atoms with van der Waals surface area (Å²) >= 11 is 5.79. The molecular weight excluding hydrogens is 491 g/mol. The lowest BCUT2D eigenvalue weighted by molar-refractivity contribution is 0.178. The third kappa shape index (κ3) is 6.25. The van der Waals surface area contributed by atoms with E-state index in [4.69, 9.17) is 21.6 Å². The molecule has 8 nitrogen and oxygen atoms in total. The van der Waals surface area contributed by atoms with E-state index in [0.717, 1.165) is 48.4 Å². The van der Waals surface area contributed by atoms with E-state index in [0.29, 0.717) is 38.5 Å². The number of aromatic nitrogens is 2. The lowest BCUT2D eigenvalue weighted by Gasteiger charge is -2.33. The summed E-state index contributed by atoms with van der Waals surface area (Å²) < 4.78 is 40.8. The van der Waals surface area contributed by atoms with Crippen LogP contribution >= 0.6 is 11.6 Å². The zero-order valence-electron chi connectivity index (χ0n) is 19.9. The van der Waals surface area contributed by atoms with Crippen molar-refractivity contribution in [2.75, 3.05) is 58.7 Å². The minimum absolute atomic E-state index is 0.000181. The van der Waals surface area contributed by atoms with Crippen molar-refractivity contribution < 1.29 is 12.8 Å². The lowest BCUT2D eigenvalue weighted by Crippen LogP contribution is -2.48. The van der Waals surface area contributed by atoms with Crippen LogP contribution in [0.15, 0.2) is 47.4 Å². The molecule has 188 valence electrons. The standard InChI is InChI=1S/C24H30ClFN6O2S/c1-30(2)11-5-10-27-24-19-6-3-4-7-22(19)28-23(29-24)17-31-12-14-32(15-13-31)35(33,34)18-8-9-21(26)20(25)16-18/h3-4,6-9,16H,5,10-15,17H2,1-2H3,(H,27,28,29). The number of rotatable bonds is 9. The molecular formula is C24H30ClFN6O2S. The molecule has 11 heteroatoms. The summed E-state index contributed by atoms with van der Waals surface area (Å²) in [5.41, 5.74) is 0.877. The molecule has 2 heterocycles. The predicted octanol–water partition coefficient (Wildman–Crippen LogP) is 3.29. The molecule has 1 N–H and O–H groups in total. The Bertz CT molecular complexity index is 1280. The van der Waals surface area contributed by atoms with Gasteiger partial charge in [-0.2, -0.15) is 4.31 Å². The van der Waals surface area contributed by atoms with Gasteiger partial charge in [0.1, 0.15) is 17.5 Å². The normalized spacial score (nSPS) is 15.7. The van der Waals surface area contributed by atoms with Gasteiger partial charge in [-0.3, -0.25) is 4.90 Å². The van der Waals surface area contributed by atoms with Gasteiger partial charge >= 0.3 is 0 Å². The van der Waals surface area contributed by atoms with E-state index in [1.54, 1.807) is 0 Å². The van der Waals surface area contributed by atoms with Gasteiger partial charge < -0.3 is 10.2 Å². The van der Waals surface area contributed by atoms with Gasteiger partial charge in [-0.1, -0.05) is 23.7 Å². The number of hydrogen-bond acceptors (Lipinski definition) is 7. The second kappa shape index (κ2) is 11.1. The van der Waals surface area contributed by atoms with Gasteiger partial charge in [0.25, 0.3) is 0 Å². The van der Waals surface area contributed by atoms with Gasteiger partial charge in [-0.25, -0.2) is 22.8 Å². The molecule has 0 aliphatic carbocycles. The molecule has 4 rings (SSSR count). The number of halogens is 2. The highest BCUT2D eigenvalue weighted by molar-refractivity contribution is 7.89. The highest BCUT2D eigenvalue weighted by Crippen LogP contribution is 2.24. The van der Waals surface area contributed by atoms with Crippen LogP contribution in [0.4, 0.5) is 10.2 Å². The average Bonchev–Trinajstić information content (AvgIpc) is 2.83. The van der Waals surface area contributed by atoms with Crippen molar-refractivity contribution in [1.29, 1.82) is 0 Å². The van der Waals surface area contributed by atoms with Gasteiger partial charge in [0.15, 0.2) is 0 Å². The first-order valence-electron chi connectivity index (χ1n) is 11.6. The van der Waals surface area contributed by atoms with E-state index in [9.17, 15) is 12.8 Å². The monoisotopic (exact) mass is 520 g/mol. The third-order valence-electron chi connectivity index (χ3n) is 5.95. The van der Waals surface area contributed by atoms with Crippen LogP contribution in [0.2, 0.25) is 5.02 Å². The molecule has 1 saturated heterocycles. The summed E-state index contributed by atoms with van der Waals surface area (Å²) in [6.07, 6.45) is 0.996. The van der Waals surface area contributed by atoms with E-state index >= 15 is 0 Å². The summed E-state index contributed by atoms with van der Waals surface area (Å²) in [6.45, 7) is 4.03. The number of nitrogens with one attached hydrogen (secondary N) is 1. The topological polar surface area (TPSA) is 81.7 Å². The van der Waals surface area contributed by atoms with Gasteiger partial charge in [-0.05, 0) is 57.4 Å². The zero-order valence-corrected chi connectivity index (χ0v) is 21.5. The second-order valence-electron chi connectivity index (χ2n) is 8.85. The van der Waals surface area contributed by atoms with Gasteiger partial charge in [-0.15, -0.1) is 0 Å². The molecule has 0 bridgehead atoms. The van der Waals surface area contributed by atoms with Crippen LogP contribution in [-0.4, -0.2) is 85.9 Å². The van der Waals surface area contributed by atoms with Crippen molar-refractivity contribution in [3.05, 3.63) is 59.1 Å². The van der Waals surface area contributed by atoms with Crippen LogP contribution in [0.25, 0.3) is 10.9 Å². The van der Waals surface area contributed by atoms with E-state index in [1.807, 2.05) is 24.3 Å². The van der Waals surface area contributed by atoms with Crippen molar-refractivity contribution in [1.82, 2.24) is 24.1 Å². The molecule has 1 aliphatic heterocycles. The van der Waals surface area contributed by atoms with Crippen molar-refractivity contribution >= 4 is 38.3 Å². The molecule has 0 unspecified atom stereocenters. The van der Waals surface area contributed by atoms with E-state index in [-0.39, 0.29) is 9.92 Å². The molecule has 1 fully saturated rings. The first-order chi connectivity index (χ1) is 16.7. The van der Waals surface area contributed by atoms with E-state index in [1.165, 1.54) is 10.4 Å². The number of hydrogen-bond donors (Lipinski definition) is 1.